The number of rotatable bonds is 3. The number of esters is 1. The highest BCUT2D eigenvalue weighted by atomic mass is 79.9. The molecule has 0 aromatic heterocycles. The van der Waals surface area contributed by atoms with E-state index in [-0.39, 0.29) is 11.9 Å². The van der Waals surface area contributed by atoms with Gasteiger partial charge in [0.05, 0.1) is 11.8 Å². The Morgan fingerprint density at radius 1 is 1.19 bits per heavy atom. The fourth-order valence-corrected chi connectivity index (χ4v) is 3.32. The van der Waals surface area contributed by atoms with Gasteiger partial charge in [-0.1, -0.05) is 39.7 Å². The lowest BCUT2D eigenvalue weighted by molar-refractivity contribution is -0.132. The molecule has 26 heavy (non-hydrogen) atoms. The van der Waals surface area contributed by atoms with E-state index in [1.165, 1.54) is 18.9 Å². The number of hydrogen-bond donors (Lipinski definition) is 0. The van der Waals surface area contributed by atoms with Crippen molar-refractivity contribution in [2.24, 2.45) is 5.10 Å². The summed E-state index contributed by atoms with van der Waals surface area (Å²) in [5.41, 5.74) is 2.23. The van der Waals surface area contributed by atoms with E-state index in [9.17, 15) is 9.59 Å². The van der Waals surface area contributed by atoms with Crippen molar-refractivity contribution in [1.82, 2.24) is 5.01 Å². The molecule has 0 fully saturated rings. The summed E-state index contributed by atoms with van der Waals surface area (Å²) in [4.78, 5) is 23.5. The molecule has 1 atom stereocenters. The molecular weight excluding hydrogens is 420 g/mol. The third-order valence-electron chi connectivity index (χ3n) is 3.99. The molecule has 0 bridgehead atoms. The van der Waals surface area contributed by atoms with Crippen LogP contribution in [0.15, 0.2) is 52.0 Å². The Bertz CT molecular complexity index is 896. The lowest BCUT2D eigenvalue weighted by Crippen LogP contribution is -2.24. The van der Waals surface area contributed by atoms with Crippen molar-refractivity contribution in [2.45, 2.75) is 26.3 Å². The first kappa shape index (κ1) is 18.6. The summed E-state index contributed by atoms with van der Waals surface area (Å²) < 4.78 is 6.24. The van der Waals surface area contributed by atoms with Crippen LogP contribution in [0, 0.1) is 0 Å². The fourth-order valence-electron chi connectivity index (χ4n) is 2.88. The van der Waals surface area contributed by atoms with E-state index in [1.807, 2.05) is 24.3 Å². The molecule has 0 unspecified atom stereocenters. The monoisotopic (exact) mass is 434 g/mol. The van der Waals surface area contributed by atoms with E-state index in [0.29, 0.717) is 28.5 Å². The minimum atomic E-state index is -0.431. The molecule has 0 saturated carbocycles. The van der Waals surface area contributed by atoms with Gasteiger partial charge in [0.15, 0.2) is 0 Å². The van der Waals surface area contributed by atoms with Crippen molar-refractivity contribution >= 4 is 45.1 Å². The van der Waals surface area contributed by atoms with Gasteiger partial charge in [-0.2, -0.15) is 5.10 Å². The molecule has 1 amide bonds. The number of amides is 1. The number of hydrazone groups is 1. The number of halogens is 2. The number of ether oxygens (including phenoxy) is 1. The van der Waals surface area contributed by atoms with Crippen molar-refractivity contribution in [1.29, 1.82) is 0 Å². The maximum atomic E-state index is 12.1. The molecule has 1 aliphatic rings. The van der Waals surface area contributed by atoms with Crippen LogP contribution in [0.5, 0.6) is 5.75 Å². The topological polar surface area (TPSA) is 59.0 Å². The zero-order valence-electron chi connectivity index (χ0n) is 14.2. The normalized spacial score (nSPS) is 16.4. The molecule has 1 aliphatic heterocycles. The van der Waals surface area contributed by atoms with E-state index in [0.717, 1.165) is 10.0 Å². The van der Waals surface area contributed by atoms with Crippen LogP contribution < -0.4 is 4.74 Å². The molecule has 0 N–H and O–H groups in total. The summed E-state index contributed by atoms with van der Waals surface area (Å²) in [6.07, 6.45) is 0.496. The Kier molecular flexibility index (Phi) is 5.44. The molecule has 3 rings (SSSR count). The molecule has 2 aromatic carbocycles. The van der Waals surface area contributed by atoms with Crippen molar-refractivity contribution in [2.75, 3.05) is 0 Å². The second kappa shape index (κ2) is 7.60. The molecule has 2 aromatic rings. The molecule has 0 aliphatic carbocycles. The van der Waals surface area contributed by atoms with Gasteiger partial charge < -0.3 is 4.74 Å². The maximum absolute atomic E-state index is 12.1. The molecular formula is C19H16BrClN2O3. The van der Waals surface area contributed by atoms with Gasteiger partial charge in [0, 0.05) is 35.3 Å². The van der Waals surface area contributed by atoms with Crippen LogP contribution in [-0.2, 0) is 9.59 Å². The standard InChI is InChI=1S/C19H16BrClN2O3/c1-11(24)23-18(13-3-5-14(20)6-4-13)10-17(22-23)16-9-15(21)7-8-19(16)26-12(2)25/h3-9,18H,10H2,1-2H3/t18-/m1/s1. The number of carbonyl (C=O) groups is 2. The maximum Gasteiger partial charge on any atom is 0.308 e. The van der Waals surface area contributed by atoms with Crippen LogP contribution in [0.2, 0.25) is 5.02 Å². The van der Waals surface area contributed by atoms with Crippen molar-refractivity contribution in [3.05, 3.63) is 63.1 Å². The van der Waals surface area contributed by atoms with Crippen molar-refractivity contribution in [3.63, 3.8) is 0 Å². The first-order valence-corrected chi connectivity index (χ1v) is 9.13. The second-order valence-corrected chi connectivity index (χ2v) is 7.27. The van der Waals surface area contributed by atoms with Gasteiger partial charge in [0.1, 0.15) is 5.75 Å². The van der Waals surface area contributed by atoms with Gasteiger partial charge in [0.2, 0.25) is 5.91 Å². The third kappa shape index (κ3) is 3.97. The van der Waals surface area contributed by atoms with Crippen LogP contribution in [0.1, 0.15) is 37.4 Å². The zero-order chi connectivity index (χ0) is 18.8. The summed E-state index contributed by atoms with van der Waals surface area (Å²) in [5, 5.41) is 6.44. The molecule has 5 nitrogen and oxygen atoms in total. The van der Waals surface area contributed by atoms with E-state index < -0.39 is 5.97 Å². The second-order valence-electron chi connectivity index (χ2n) is 5.92. The number of hydrogen-bond acceptors (Lipinski definition) is 4. The average Bonchev–Trinajstić information content (AvgIpc) is 3.02. The highest BCUT2D eigenvalue weighted by molar-refractivity contribution is 9.10. The molecule has 0 spiro atoms. The quantitative estimate of drug-likeness (QED) is 0.517. The van der Waals surface area contributed by atoms with Gasteiger partial charge >= 0.3 is 5.97 Å². The molecule has 0 radical (unpaired) electrons. The van der Waals surface area contributed by atoms with E-state index in [1.54, 1.807) is 18.2 Å². The molecule has 7 heteroatoms. The van der Waals surface area contributed by atoms with Gasteiger partial charge in [-0.3, -0.25) is 9.59 Å². The number of carbonyl (C=O) groups excluding carboxylic acids is 2. The van der Waals surface area contributed by atoms with Gasteiger partial charge in [-0.05, 0) is 35.9 Å². The lowest BCUT2D eigenvalue weighted by Gasteiger charge is -2.20. The predicted molar refractivity (Wildman–Crippen MR) is 103 cm³/mol. The summed E-state index contributed by atoms with van der Waals surface area (Å²) >= 11 is 9.54. The van der Waals surface area contributed by atoms with Crippen LogP contribution in [0.3, 0.4) is 0 Å². The zero-order valence-corrected chi connectivity index (χ0v) is 16.5. The number of benzene rings is 2. The van der Waals surface area contributed by atoms with E-state index >= 15 is 0 Å². The van der Waals surface area contributed by atoms with Gasteiger partial charge in [0.25, 0.3) is 0 Å². The minimum absolute atomic E-state index is 0.163. The number of nitrogens with zero attached hydrogens (tertiary/aromatic N) is 2. The fraction of sp³-hybridized carbons (Fsp3) is 0.211. The first-order chi connectivity index (χ1) is 12.3. The SMILES string of the molecule is CC(=O)Oc1ccc(Cl)cc1C1=NN(C(C)=O)[C@@H](c2ccc(Br)cc2)C1. The first-order valence-electron chi connectivity index (χ1n) is 7.96. The van der Waals surface area contributed by atoms with Crippen molar-refractivity contribution in [3.8, 4) is 5.75 Å². The van der Waals surface area contributed by atoms with Crippen molar-refractivity contribution < 1.29 is 14.3 Å². The summed E-state index contributed by atoms with van der Waals surface area (Å²) in [6.45, 7) is 2.81. The largest absolute Gasteiger partial charge is 0.426 e. The van der Waals surface area contributed by atoms with E-state index in [2.05, 4.69) is 21.0 Å². The average molecular weight is 436 g/mol. The third-order valence-corrected chi connectivity index (χ3v) is 4.76. The van der Waals surface area contributed by atoms with Crippen LogP contribution >= 0.6 is 27.5 Å². The summed E-state index contributed by atoms with van der Waals surface area (Å²) in [5.74, 6) is -0.218. The van der Waals surface area contributed by atoms with Crippen LogP contribution in [0.4, 0.5) is 0 Å². The summed E-state index contributed by atoms with van der Waals surface area (Å²) in [6, 6.07) is 12.5. The minimum Gasteiger partial charge on any atom is -0.426 e. The smallest absolute Gasteiger partial charge is 0.308 e. The molecule has 1 heterocycles. The van der Waals surface area contributed by atoms with Gasteiger partial charge in [-0.25, -0.2) is 5.01 Å². The van der Waals surface area contributed by atoms with Crippen LogP contribution in [0.25, 0.3) is 0 Å². The van der Waals surface area contributed by atoms with Crippen LogP contribution in [-0.4, -0.2) is 22.6 Å². The van der Waals surface area contributed by atoms with E-state index in [4.69, 9.17) is 16.3 Å². The highest BCUT2D eigenvalue weighted by Gasteiger charge is 2.32. The summed E-state index contributed by atoms with van der Waals surface area (Å²) in [7, 11) is 0. The molecule has 0 saturated heterocycles. The Balaban J connectivity index is 2.00. The Labute approximate surface area is 164 Å². The Morgan fingerprint density at radius 3 is 2.50 bits per heavy atom. The predicted octanol–water partition coefficient (Wildman–Crippen LogP) is 4.73. The highest BCUT2D eigenvalue weighted by Crippen LogP contribution is 2.36. The molecule has 134 valence electrons. The van der Waals surface area contributed by atoms with Gasteiger partial charge in [-0.15, -0.1) is 0 Å². The Morgan fingerprint density at radius 2 is 1.88 bits per heavy atom. The Hall–Kier alpha value is -2.18. The lowest BCUT2D eigenvalue weighted by atomic mass is 9.98.